The van der Waals surface area contributed by atoms with Crippen molar-refractivity contribution in [2.45, 2.75) is 32.7 Å². The van der Waals surface area contributed by atoms with Crippen molar-refractivity contribution < 1.29 is 23.1 Å². The van der Waals surface area contributed by atoms with E-state index >= 15 is 0 Å². The van der Waals surface area contributed by atoms with E-state index in [-0.39, 0.29) is 42.2 Å². The molecule has 2 aromatic carbocycles. The van der Waals surface area contributed by atoms with E-state index in [1.54, 1.807) is 40.5 Å². The summed E-state index contributed by atoms with van der Waals surface area (Å²) in [6, 6.07) is 13.3. The summed E-state index contributed by atoms with van der Waals surface area (Å²) in [6.45, 7) is 4.86. The lowest BCUT2D eigenvalue weighted by Crippen LogP contribution is -2.48. The number of hydrogen-bond acceptors (Lipinski definition) is 4. The largest absolute Gasteiger partial charge is 0.488 e. The van der Waals surface area contributed by atoms with Gasteiger partial charge in [0.2, 0.25) is 5.91 Å². The summed E-state index contributed by atoms with van der Waals surface area (Å²) in [5.74, 6) is -1.26. The van der Waals surface area contributed by atoms with Crippen LogP contribution in [0.25, 0.3) is 0 Å². The first-order valence-corrected chi connectivity index (χ1v) is 13.0. The van der Waals surface area contributed by atoms with Crippen LogP contribution in [0.3, 0.4) is 0 Å². The monoisotopic (exact) mass is 512 g/mol. The molecule has 0 saturated heterocycles. The SMILES string of the molecule is CCC(C)CN(CC(=O)N1CCc2sccc2C1COc1ccccc1F)C(=O)c1cccc(F)c1. The zero-order valence-corrected chi connectivity index (χ0v) is 21.3. The molecule has 0 N–H and O–H groups in total. The highest BCUT2D eigenvalue weighted by atomic mass is 32.1. The smallest absolute Gasteiger partial charge is 0.254 e. The van der Waals surface area contributed by atoms with Crippen LogP contribution in [-0.4, -0.2) is 47.9 Å². The minimum Gasteiger partial charge on any atom is -0.488 e. The average molecular weight is 513 g/mol. The minimum absolute atomic E-state index is 0.0968. The molecule has 1 aliphatic heterocycles. The number of rotatable bonds is 9. The first-order chi connectivity index (χ1) is 17.4. The van der Waals surface area contributed by atoms with Gasteiger partial charge in [0.25, 0.3) is 5.91 Å². The summed E-state index contributed by atoms with van der Waals surface area (Å²) < 4.78 is 33.8. The van der Waals surface area contributed by atoms with E-state index in [1.807, 2.05) is 25.3 Å². The molecule has 0 saturated carbocycles. The summed E-state index contributed by atoms with van der Waals surface area (Å²) in [4.78, 5) is 31.3. The lowest BCUT2D eigenvalue weighted by atomic mass is 10.00. The van der Waals surface area contributed by atoms with Crippen LogP contribution in [0, 0.1) is 17.6 Å². The fourth-order valence-electron chi connectivity index (χ4n) is 4.39. The number of para-hydroxylation sites is 1. The second-order valence-electron chi connectivity index (χ2n) is 9.10. The van der Waals surface area contributed by atoms with Gasteiger partial charge in [-0.05, 0) is 59.7 Å². The Morgan fingerprint density at radius 1 is 1.17 bits per heavy atom. The number of ether oxygens (including phenoxy) is 1. The van der Waals surface area contributed by atoms with Crippen LogP contribution in [0.5, 0.6) is 5.75 Å². The van der Waals surface area contributed by atoms with Crippen molar-refractivity contribution in [3.8, 4) is 5.75 Å². The third-order valence-corrected chi connectivity index (χ3v) is 7.56. The normalized spacial score (nSPS) is 15.8. The number of amides is 2. The predicted octanol–water partition coefficient (Wildman–Crippen LogP) is 5.72. The van der Waals surface area contributed by atoms with Crippen molar-refractivity contribution in [1.29, 1.82) is 0 Å². The molecule has 0 radical (unpaired) electrons. The van der Waals surface area contributed by atoms with E-state index in [0.29, 0.717) is 19.5 Å². The molecular weight excluding hydrogens is 482 g/mol. The van der Waals surface area contributed by atoms with E-state index in [0.717, 1.165) is 12.0 Å². The number of benzene rings is 2. The van der Waals surface area contributed by atoms with Crippen molar-refractivity contribution in [3.05, 3.63) is 87.6 Å². The fraction of sp³-hybridized carbons (Fsp3) is 0.357. The zero-order valence-electron chi connectivity index (χ0n) is 20.5. The summed E-state index contributed by atoms with van der Waals surface area (Å²) in [5, 5.41) is 1.98. The second kappa shape index (κ2) is 11.6. The van der Waals surface area contributed by atoms with Crippen LogP contribution >= 0.6 is 11.3 Å². The molecule has 0 spiro atoms. The summed E-state index contributed by atoms with van der Waals surface area (Å²) in [5.41, 5.74) is 1.20. The van der Waals surface area contributed by atoms with Gasteiger partial charge in [-0.15, -0.1) is 11.3 Å². The Hall–Kier alpha value is -3.26. The van der Waals surface area contributed by atoms with Crippen LogP contribution < -0.4 is 4.74 Å². The van der Waals surface area contributed by atoms with Gasteiger partial charge in [-0.25, -0.2) is 8.78 Å². The van der Waals surface area contributed by atoms with E-state index < -0.39 is 17.7 Å². The van der Waals surface area contributed by atoms with Gasteiger partial charge in [0.05, 0.1) is 6.04 Å². The predicted molar refractivity (Wildman–Crippen MR) is 136 cm³/mol. The van der Waals surface area contributed by atoms with E-state index in [4.69, 9.17) is 4.74 Å². The van der Waals surface area contributed by atoms with Gasteiger partial charge in [0.15, 0.2) is 11.6 Å². The molecule has 2 atom stereocenters. The molecule has 36 heavy (non-hydrogen) atoms. The van der Waals surface area contributed by atoms with Gasteiger partial charge in [0.1, 0.15) is 19.0 Å². The molecule has 2 unspecified atom stereocenters. The first-order valence-electron chi connectivity index (χ1n) is 12.1. The lowest BCUT2D eigenvalue weighted by molar-refractivity contribution is -0.135. The van der Waals surface area contributed by atoms with Crippen molar-refractivity contribution >= 4 is 23.2 Å². The lowest BCUT2D eigenvalue weighted by Gasteiger charge is -2.37. The number of carbonyl (C=O) groups is 2. The Labute approximate surface area is 214 Å². The van der Waals surface area contributed by atoms with Crippen molar-refractivity contribution in [2.75, 3.05) is 26.2 Å². The Balaban J connectivity index is 1.55. The molecule has 3 aromatic rings. The van der Waals surface area contributed by atoms with E-state index in [9.17, 15) is 18.4 Å². The Morgan fingerprint density at radius 3 is 2.72 bits per heavy atom. The second-order valence-corrected chi connectivity index (χ2v) is 10.1. The molecule has 0 aliphatic carbocycles. The molecule has 2 heterocycles. The number of carbonyl (C=O) groups excluding carboxylic acids is 2. The Bertz CT molecular complexity index is 1210. The van der Waals surface area contributed by atoms with Crippen LogP contribution in [0.15, 0.2) is 60.0 Å². The molecule has 2 amide bonds. The Morgan fingerprint density at radius 2 is 1.97 bits per heavy atom. The number of hydrogen-bond donors (Lipinski definition) is 0. The van der Waals surface area contributed by atoms with E-state index in [1.165, 1.54) is 34.0 Å². The van der Waals surface area contributed by atoms with Crippen LogP contribution in [0.1, 0.15) is 47.1 Å². The van der Waals surface area contributed by atoms with Crippen molar-refractivity contribution in [1.82, 2.24) is 9.80 Å². The maximum absolute atomic E-state index is 14.2. The van der Waals surface area contributed by atoms with Gasteiger partial charge >= 0.3 is 0 Å². The molecule has 1 aromatic heterocycles. The fourth-order valence-corrected chi connectivity index (χ4v) is 5.32. The van der Waals surface area contributed by atoms with Crippen molar-refractivity contribution in [3.63, 3.8) is 0 Å². The van der Waals surface area contributed by atoms with Crippen molar-refractivity contribution in [2.24, 2.45) is 5.92 Å². The number of fused-ring (bicyclic) bond motifs is 1. The summed E-state index contributed by atoms with van der Waals surface area (Å²) >= 11 is 1.63. The molecule has 190 valence electrons. The highest BCUT2D eigenvalue weighted by Crippen LogP contribution is 2.34. The molecule has 1 aliphatic rings. The van der Waals surface area contributed by atoms with E-state index in [2.05, 4.69) is 0 Å². The molecule has 4 rings (SSSR count). The van der Waals surface area contributed by atoms with Gasteiger partial charge in [-0.1, -0.05) is 38.5 Å². The highest BCUT2D eigenvalue weighted by molar-refractivity contribution is 7.10. The number of thiophene rings is 1. The topological polar surface area (TPSA) is 49.9 Å². The maximum atomic E-state index is 14.2. The third kappa shape index (κ3) is 5.93. The number of halogens is 2. The third-order valence-electron chi connectivity index (χ3n) is 6.56. The average Bonchev–Trinajstić information content (AvgIpc) is 3.36. The van der Waals surface area contributed by atoms with Gasteiger partial charge in [-0.3, -0.25) is 9.59 Å². The summed E-state index contributed by atoms with van der Waals surface area (Å²) in [7, 11) is 0. The van der Waals surface area contributed by atoms with Crippen LogP contribution in [0.2, 0.25) is 0 Å². The minimum atomic E-state index is -0.498. The van der Waals surface area contributed by atoms with Crippen LogP contribution in [0.4, 0.5) is 8.78 Å². The first kappa shape index (κ1) is 25.8. The molecule has 5 nitrogen and oxygen atoms in total. The van der Waals surface area contributed by atoms with Crippen LogP contribution in [-0.2, 0) is 11.2 Å². The van der Waals surface area contributed by atoms with Gasteiger partial charge in [-0.2, -0.15) is 0 Å². The summed E-state index contributed by atoms with van der Waals surface area (Å²) in [6.07, 6.45) is 1.54. The standard InChI is InChI=1S/C28H30F2N2O3S/c1-3-19(2)16-31(28(34)20-7-6-8-21(29)15-20)17-27(33)32-13-11-26-22(12-14-36-26)24(32)18-35-25-10-5-4-9-23(25)30/h4-10,12,14-15,19,24H,3,11,13,16-18H2,1-2H3. The number of nitrogens with zero attached hydrogens (tertiary/aromatic N) is 2. The van der Waals surface area contributed by atoms with Gasteiger partial charge in [0, 0.05) is 23.5 Å². The quantitative estimate of drug-likeness (QED) is 0.369. The molecular formula is C28H30F2N2O3S. The highest BCUT2D eigenvalue weighted by Gasteiger charge is 2.34. The Kier molecular flexibility index (Phi) is 8.36. The molecule has 8 heteroatoms. The zero-order chi connectivity index (χ0) is 25.7. The van der Waals surface area contributed by atoms with Gasteiger partial charge < -0.3 is 14.5 Å². The molecule has 0 fully saturated rings. The maximum Gasteiger partial charge on any atom is 0.254 e. The molecule has 0 bridgehead atoms.